The van der Waals surface area contributed by atoms with Gasteiger partial charge in [-0.2, -0.15) is 0 Å². The molecule has 172 valence electrons. The number of ether oxygens (including phenoxy) is 1. The summed E-state index contributed by atoms with van der Waals surface area (Å²) in [6.07, 6.45) is 10.5. The van der Waals surface area contributed by atoms with E-state index >= 15 is 0 Å². The Hall–Kier alpha value is -2.82. The largest absolute Gasteiger partial charge is 0.378 e. The molecular formula is C23H25N5O3S2. The highest BCUT2D eigenvalue weighted by Crippen LogP contribution is 2.32. The third kappa shape index (κ3) is 4.92. The van der Waals surface area contributed by atoms with E-state index in [-0.39, 0.29) is 4.90 Å². The molecule has 0 aromatic carbocycles. The molecule has 0 amide bonds. The van der Waals surface area contributed by atoms with Crippen molar-refractivity contribution in [2.24, 2.45) is 5.92 Å². The summed E-state index contributed by atoms with van der Waals surface area (Å²) in [5.41, 5.74) is 2.48. The van der Waals surface area contributed by atoms with Crippen molar-refractivity contribution in [3.8, 4) is 0 Å². The van der Waals surface area contributed by atoms with E-state index in [1.165, 1.54) is 6.20 Å². The van der Waals surface area contributed by atoms with E-state index in [2.05, 4.69) is 32.6 Å². The molecule has 0 spiro atoms. The van der Waals surface area contributed by atoms with Gasteiger partial charge in [-0.05, 0) is 43.0 Å². The first-order valence-corrected chi connectivity index (χ1v) is 13.2. The number of nitrogens with one attached hydrogen (secondary N) is 1. The van der Waals surface area contributed by atoms with Gasteiger partial charge in [0.25, 0.3) is 10.0 Å². The van der Waals surface area contributed by atoms with E-state index < -0.39 is 10.0 Å². The Kier molecular flexibility index (Phi) is 6.13. The molecule has 1 unspecified atom stereocenters. The number of thiazole rings is 1. The van der Waals surface area contributed by atoms with Gasteiger partial charge in [0.05, 0.1) is 23.4 Å². The number of nitrogens with zero attached hydrogens (tertiary/aromatic N) is 4. The molecule has 4 heterocycles. The maximum atomic E-state index is 13.1. The molecule has 1 aliphatic heterocycles. The highest BCUT2D eigenvalue weighted by atomic mass is 32.2. The van der Waals surface area contributed by atoms with Crippen molar-refractivity contribution in [2.45, 2.75) is 24.7 Å². The Balaban J connectivity index is 1.38. The van der Waals surface area contributed by atoms with Crippen molar-refractivity contribution in [1.82, 2.24) is 19.7 Å². The Morgan fingerprint density at radius 3 is 2.79 bits per heavy atom. The third-order valence-electron chi connectivity index (χ3n) is 5.73. The van der Waals surface area contributed by atoms with Gasteiger partial charge in [-0.3, -0.25) is 9.71 Å². The van der Waals surface area contributed by atoms with Gasteiger partial charge >= 0.3 is 0 Å². The van der Waals surface area contributed by atoms with Crippen molar-refractivity contribution in [1.29, 1.82) is 0 Å². The maximum absolute atomic E-state index is 13.1. The number of anilines is 1. The molecule has 1 N–H and O–H groups in total. The molecule has 10 heteroatoms. The minimum absolute atomic E-state index is 0.147. The summed E-state index contributed by atoms with van der Waals surface area (Å²) in [6, 6.07) is 5.25. The summed E-state index contributed by atoms with van der Waals surface area (Å²) in [6.45, 7) is 4.93. The molecule has 5 rings (SSSR count). The molecular weight excluding hydrogens is 458 g/mol. The Morgan fingerprint density at radius 1 is 1.18 bits per heavy atom. The Bertz CT molecular complexity index is 1280. The fourth-order valence-corrected chi connectivity index (χ4v) is 5.93. The molecule has 8 nitrogen and oxygen atoms in total. The van der Waals surface area contributed by atoms with Crippen LogP contribution in [0.15, 0.2) is 59.5 Å². The average molecular weight is 484 g/mol. The first-order valence-electron chi connectivity index (χ1n) is 10.9. The lowest BCUT2D eigenvalue weighted by Crippen LogP contribution is -2.36. The number of morpholine rings is 1. The number of rotatable bonds is 5. The summed E-state index contributed by atoms with van der Waals surface area (Å²) in [4.78, 5) is 15.5. The number of sulfonamides is 1. The lowest BCUT2D eigenvalue weighted by molar-refractivity contribution is 0.122. The van der Waals surface area contributed by atoms with Gasteiger partial charge in [0.15, 0.2) is 0 Å². The van der Waals surface area contributed by atoms with Crippen LogP contribution in [-0.4, -0.2) is 49.7 Å². The van der Waals surface area contributed by atoms with E-state index in [0.717, 1.165) is 46.1 Å². The summed E-state index contributed by atoms with van der Waals surface area (Å²) in [7, 11) is -3.75. The Labute approximate surface area is 197 Å². The first-order chi connectivity index (χ1) is 16.0. The van der Waals surface area contributed by atoms with Gasteiger partial charge in [0.1, 0.15) is 15.7 Å². The molecule has 1 aliphatic carbocycles. The SMILES string of the molecule is CC1C=C(c2nc3ccncc3s2)C=C(NS(=O)(=O)c2ccc(N3CCOCC3)nc2)CC1. The van der Waals surface area contributed by atoms with Crippen LogP contribution >= 0.6 is 11.3 Å². The van der Waals surface area contributed by atoms with Crippen LogP contribution in [0.25, 0.3) is 15.8 Å². The van der Waals surface area contributed by atoms with Gasteiger partial charge in [-0.15, -0.1) is 11.3 Å². The van der Waals surface area contributed by atoms with Crippen molar-refractivity contribution in [2.75, 3.05) is 31.2 Å². The van der Waals surface area contributed by atoms with Crippen LogP contribution in [0.1, 0.15) is 24.8 Å². The zero-order valence-corrected chi connectivity index (χ0v) is 19.9. The highest BCUT2D eigenvalue weighted by Gasteiger charge is 2.21. The number of hydrogen-bond acceptors (Lipinski definition) is 8. The number of allylic oxidation sites excluding steroid dienone is 4. The highest BCUT2D eigenvalue weighted by molar-refractivity contribution is 7.89. The van der Waals surface area contributed by atoms with Gasteiger partial charge in [0.2, 0.25) is 0 Å². The van der Waals surface area contributed by atoms with Crippen LogP contribution in [0.3, 0.4) is 0 Å². The van der Waals surface area contributed by atoms with E-state index in [1.807, 2.05) is 12.1 Å². The molecule has 0 saturated carbocycles. The zero-order valence-electron chi connectivity index (χ0n) is 18.3. The normalized spacial score (nSPS) is 19.7. The maximum Gasteiger partial charge on any atom is 0.263 e. The number of fused-ring (bicyclic) bond motifs is 1. The fraction of sp³-hybridized carbons (Fsp3) is 0.348. The molecule has 2 aliphatic rings. The first kappa shape index (κ1) is 22.0. The van der Waals surface area contributed by atoms with Crippen LogP contribution in [0, 0.1) is 5.92 Å². The van der Waals surface area contributed by atoms with Gasteiger partial charge in [-0.1, -0.05) is 13.0 Å². The molecule has 1 atom stereocenters. The summed E-state index contributed by atoms with van der Waals surface area (Å²) >= 11 is 1.56. The van der Waals surface area contributed by atoms with Crippen LogP contribution < -0.4 is 9.62 Å². The molecule has 33 heavy (non-hydrogen) atoms. The molecule has 3 aromatic rings. The summed E-state index contributed by atoms with van der Waals surface area (Å²) in [5, 5.41) is 0.861. The topological polar surface area (TPSA) is 97.3 Å². The second kappa shape index (κ2) is 9.20. The standard InChI is InChI=1S/C23H25N5O3S2/c1-16-2-3-18(13-17(12-16)23-26-20-6-7-24-15-21(20)32-23)27-33(29,30)19-4-5-22(25-14-19)28-8-10-31-11-9-28/h4-7,12-16,27H,2-3,8-11H2,1H3. The van der Waals surface area contributed by atoms with Crippen molar-refractivity contribution in [3.63, 3.8) is 0 Å². The molecule has 0 radical (unpaired) electrons. The molecule has 0 bridgehead atoms. The van der Waals surface area contributed by atoms with Crippen LogP contribution in [0.4, 0.5) is 5.82 Å². The average Bonchev–Trinajstić information content (AvgIpc) is 3.18. The second-order valence-electron chi connectivity index (χ2n) is 8.23. The second-order valence-corrected chi connectivity index (χ2v) is 10.9. The van der Waals surface area contributed by atoms with Crippen LogP contribution in [-0.2, 0) is 14.8 Å². The molecule has 1 fully saturated rings. The number of pyridine rings is 2. The predicted molar refractivity (Wildman–Crippen MR) is 129 cm³/mol. The Morgan fingerprint density at radius 2 is 2.03 bits per heavy atom. The lowest BCUT2D eigenvalue weighted by Gasteiger charge is -2.27. The lowest BCUT2D eigenvalue weighted by atomic mass is 10.1. The minimum atomic E-state index is -3.75. The van der Waals surface area contributed by atoms with E-state index in [4.69, 9.17) is 9.72 Å². The molecule has 3 aromatic heterocycles. The summed E-state index contributed by atoms with van der Waals surface area (Å²) < 4.78 is 35.4. The van der Waals surface area contributed by atoms with E-state index in [1.54, 1.807) is 35.9 Å². The zero-order chi connectivity index (χ0) is 22.8. The van der Waals surface area contributed by atoms with Crippen LogP contribution in [0.2, 0.25) is 0 Å². The van der Waals surface area contributed by atoms with Gasteiger partial charge < -0.3 is 9.64 Å². The van der Waals surface area contributed by atoms with Gasteiger partial charge in [0, 0.05) is 43.0 Å². The van der Waals surface area contributed by atoms with Crippen molar-refractivity contribution < 1.29 is 13.2 Å². The summed E-state index contributed by atoms with van der Waals surface area (Å²) in [5.74, 6) is 1.06. The van der Waals surface area contributed by atoms with Crippen molar-refractivity contribution >= 4 is 43.0 Å². The van der Waals surface area contributed by atoms with Gasteiger partial charge in [-0.25, -0.2) is 18.4 Å². The quantitative estimate of drug-likeness (QED) is 0.592. The smallest absolute Gasteiger partial charge is 0.263 e. The third-order valence-corrected chi connectivity index (χ3v) is 8.18. The van der Waals surface area contributed by atoms with E-state index in [0.29, 0.717) is 31.2 Å². The predicted octanol–water partition coefficient (Wildman–Crippen LogP) is 3.60. The number of aromatic nitrogens is 3. The van der Waals surface area contributed by atoms with E-state index in [9.17, 15) is 8.42 Å². The van der Waals surface area contributed by atoms with Crippen molar-refractivity contribution in [3.05, 3.63) is 59.6 Å². The minimum Gasteiger partial charge on any atom is -0.378 e. The fourth-order valence-electron chi connectivity index (χ4n) is 3.94. The monoisotopic (exact) mass is 483 g/mol. The molecule has 1 saturated heterocycles. The van der Waals surface area contributed by atoms with Crippen LogP contribution in [0.5, 0.6) is 0 Å². The number of hydrogen-bond donors (Lipinski definition) is 1.